The lowest BCUT2D eigenvalue weighted by Crippen LogP contribution is -2.39. The number of hydrogen-bond donors (Lipinski definition) is 1. The van der Waals surface area contributed by atoms with Crippen molar-refractivity contribution >= 4 is 0 Å². The maximum atomic E-state index is 12.0. The highest BCUT2D eigenvalue weighted by Crippen LogP contribution is 2.11. The Balaban J connectivity index is 2.20. The Morgan fingerprint density at radius 2 is 1.91 bits per heavy atom. The summed E-state index contributed by atoms with van der Waals surface area (Å²) in [7, 11) is 0. The van der Waals surface area contributed by atoms with Crippen LogP contribution in [0.3, 0.4) is 0 Å². The van der Waals surface area contributed by atoms with Crippen LogP contribution in [-0.2, 0) is 0 Å². The first-order chi connectivity index (χ1) is 5.20. The average molecular weight is 161 g/mol. The number of halogens is 2. The predicted molar refractivity (Wildman–Crippen MR) is 40.8 cm³/mol. The van der Waals surface area contributed by atoms with Gasteiger partial charge in [-0.15, -0.1) is 0 Å². The van der Waals surface area contributed by atoms with Gasteiger partial charge in [-0.3, -0.25) is 0 Å². The molecule has 0 fully saturated rings. The third kappa shape index (κ3) is 2.58. The quantitative estimate of drug-likeness (QED) is 0.624. The van der Waals surface area contributed by atoms with E-state index < -0.39 is 12.5 Å². The zero-order chi connectivity index (χ0) is 8.27. The SMILES string of the molecule is CC(NC1CC=CC1)C(F)F. The summed E-state index contributed by atoms with van der Waals surface area (Å²) >= 11 is 0. The number of alkyl halides is 2. The van der Waals surface area contributed by atoms with E-state index in [1.807, 2.05) is 12.2 Å². The lowest BCUT2D eigenvalue weighted by molar-refractivity contribution is 0.101. The van der Waals surface area contributed by atoms with Crippen LogP contribution in [0.2, 0.25) is 0 Å². The van der Waals surface area contributed by atoms with Gasteiger partial charge in [-0.25, -0.2) is 8.78 Å². The molecule has 3 heteroatoms. The summed E-state index contributed by atoms with van der Waals surface area (Å²) in [6.07, 6.45) is 3.57. The minimum Gasteiger partial charge on any atom is -0.306 e. The molecule has 0 bridgehead atoms. The van der Waals surface area contributed by atoms with Crippen molar-refractivity contribution in [3.8, 4) is 0 Å². The van der Waals surface area contributed by atoms with Crippen molar-refractivity contribution in [1.29, 1.82) is 0 Å². The van der Waals surface area contributed by atoms with E-state index in [2.05, 4.69) is 5.32 Å². The summed E-state index contributed by atoms with van der Waals surface area (Å²) in [5.41, 5.74) is 0. The van der Waals surface area contributed by atoms with Gasteiger partial charge in [0.2, 0.25) is 0 Å². The summed E-state index contributed by atoms with van der Waals surface area (Å²) in [6.45, 7) is 1.52. The lowest BCUT2D eigenvalue weighted by atomic mass is 10.2. The van der Waals surface area contributed by atoms with Crippen molar-refractivity contribution in [3.63, 3.8) is 0 Å². The van der Waals surface area contributed by atoms with Gasteiger partial charge in [-0.05, 0) is 19.8 Å². The first-order valence-electron chi connectivity index (χ1n) is 3.89. The predicted octanol–water partition coefficient (Wildman–Crippen LogP) is 1.95. The molecule has 0 aliphatic heterocycles. The highest BCUT2D eigenvalue weighted by atomic mass is 19.3. The van der Waals surface area contributed by atoms with Crippen LogP contribution >= 0.6 is 0 Å². The molecule has 0 saturated heterocycles. The summed E-state index contributed by atoms with van der Waals surface area (Å²) in [6, 6.07) is -0.445. The fourth-order valence-electron chi connectivity index (χ4n) is 1.20. The Kier molecular flexibility index (Phi) is 3.00. The largest absolute Gasteiger partial charge is 0.306 e. The number of rotatable bonds is 3. The van der Waals surface area contributed by atoms with Gasteiger partial charge >= 0.3 is 0 Å². The fourth-order valence-corrected chi connectivity index (χ4v) is 1.20. The van der Waals surface area contributed by atoms with E-state index in [1.54, 1.807) is 0 Å². The van der Waals surface area contributed by atoms with E-state index in [9.17, 15) is 8.78 Å². The van der Waals surface area contributed by atoms with Gasteiger partial charge < -0.3 is 5.32 Å². The first-order valence-corrected chi connectivity index (χ1v) is 3.89. The zero-order valence-corrected chi connectivity index (χ0v) is 6.56. The van der Waals surface area contributed by atoms with Crippen LogP contribution in [0.15, 0.2) is 12.2 Å². The van der Waals surface area contributed by atoms with Crippen molar-refractivity contribution in [2.24, 2.45) is 0 Å². The number of nitrogens with one attached hydrogen (secondary N) is 1. The van der Waals surface area contributed by atoms with Gasteiger partial charge in [0.25, 0.3) is 6.43 Å². The van der Waals surface area contributed by atoms with Gasteiger partial charge in [0.1, 0.15) is 0 Å². The van der Waals surface area contributed by atoms with Gasteiger partial charge in [-0.2, -0.15) is 0 Å². The Hall–Kier alpha value is -0.440. The molecule has 0 radical (unpaired) electrons. The van der Waals surface area contributed by atoms with Crippen LogP contribution < -0.4 is 5.32 Å². The first kappa shape index (κ1) is 8.65. The molecule has 1 nitrogen and oxygen atoms in total. The molecule has 1 atom stereocenters. The summed E-state index contributed by atoms with van der Waals surface area (Å²) in [5.74, 6) is 0. The summed E-state index contributed by atoms with van der Waals surface area (Å²) < 4.78 is 24.0. The van der Waals surface area contributed by atoms with Gasteiger partial charge in [0.05, 0.1) is 6.04 Å². The van der Waals surface area contributed by atoms with Gasteiger partial charge in [0, 0.05) is 6.04 Å². The van der Waals surface area contributed by atoms with Gasteiger partial charge in [0.15, 0.2) is 0 Å². The van der Waals surface area contributed by atoms with Crippen LogP contribution in [0.5, 0.6) is 0 Å². The van der Waals surface area contributed by atoms with Crippen molar-refractivity contribution in [2.75, 3.05) is 0 Å². The zero-order valence-electron chi connectivity index (χ0n) is 6.56. The van der Waals surface area contributed by atoms with Crippen molar-refractivity contribution in [3.05, 3.63) is 12.2 Å². The molecule has 11 heavy (non-hydrogen) atoms. The molecule has 0 aromatic heterocycles. The fraction of sp³-hybridized carbons (Fsp3) is 0.750. The minimum absolute atomic E-state index is 0.235. The monoisotopic (exact) mass is 161 g/mol. The smallest absolute Gasteiger partial charge is 0.253 e. The minimum atomic E-state index is -2.25. The molecule has 0 spiro atoms. The Morgan fingerprint density at radius 3 is 2.36 bits per heavy atom. The molecular formula is C8H13F2N. The van der Waals surface area contributed by atoms with Crippen LogP contribution in [0.4, 0.5) is 8.78 Å². The van der Waals surface area contributed by atoms with E-state index in [0.717, 1.165) is 12.8 Å². The van der Waals surface area contributed by atoms with Crippen molar-refractivity contribution in [2.45, 2.75) is 38.3 Å². The summed E-state index contributed by atoms with van der Waals surface area (Å²) in [5, 5.41) is 2.87. The molecule has 0 saturated carbocycles. The maximum absolute atomic E-state index is 12.0. The summed E-state index contributed by atoms with van der Waals surface area (Å²) in [4.78, 5) is 0. The molecule has 1 N–H and O–H groups in total. The van der Waals surface area contributed by atoms with Crippen LogP contribution in [0.25, 0.3) is 0 Å². The van der Waals surface area contributed by atoms with Crippen LogP contribution in [0.1, 0.15) is 19.8 Å². The average Bonchev–Trinajstić information content (AvgIpc) is 2.39. The van der Waals surface area contributed by atoms with E-state index in [1.165, 1.54) is 6.92 Å². The molecule has 0 heterocycles. The lowest BCUT2D eigenvalue weighted by Gasteiger charge is -2.17. The Bertz CT molecular complexity index is 137. The van der Waals surface area contributed by atoms with E-state index in [4.69, 9.17) is 0 Å². The van der Waals surface area contributed by atoms with Crippen molar-refractivity contribution in [1.82, 2.24) is 5.32 Å². The van der Waals surface area contributed by atoms with Crippen molar-refractivity contribution < 1.29 is 8.78 Å². The van der Waals surface area contributed by atoms with Gasteiger partial charge in [-0.1, -0.05) is 12.2 Å². The molecular weight excluding hydrogens is 148 g/mol. The Labute approximate surface area is 65.5 Å². The highest BCUT2D eigenvalue weighted by Gasteiger charge is 2.18. The highest BCUT2D eigenvalue weighted by molar-refractivity contribution is 4.98. The van der Waals surface area contributed by atoms with E-state index in [-0.39, 0.29) is 6.04 Å². The second-order valence-electron chi connectivity index (χ2n) is 2.93. The standard InChI is InChI=1S/C8H13F2N/c1-6(8(9)10)11-7-4-2-3-5-7/h2-3,6-8,11H,4-5H2,1H3. The second kappa shape index (κ2) is 3.81. The number of hydrogen-bond acceptors (Lipinski definition) is 1. The third-order valence-corrected chi connectivity index (χ3v) is 1.88. The second-order valence-corrected chi connectivity index (χ2v) is 2.93. The molecule has 64 valence electrons. The normalized spacial score (nSPS) is 21.5. The molecule has 1 aliphatic carbocycles. The van der Waals surface area contributed by atoms with Crippen LogP contribution in [0, 0.1) is 0 Å². The van der Waals surface area contributed by atoms with E-state index in [0.29, 0.717) is 0 Å². The van der Waals surface area contributed by atoms with Crippen LogP contribution in [-0.4, -0.2) is 18.5 Å². The third-order valence-electron chi connectivity index (χ3n) is 1.88. The molecule has 1 unspecified atom stereocenters. The van der Waals surface area contributed by atoms with E-state index >= 15 is 0 Å². The molecule has 0 aromatic carbocycles. The Morgan fingerprint density at radius 1 is 1.36 bits per heavy atom. The molecule has 0 aromatic rings. The molecule has 1 rings (SSSR count). The molecule has 1 aliphatic rings. The molecule has 0 amide bonds. The maximum Gasteiger partial charge on any atom is 0.253 e. The topological polar surface area (TPSA) is 12.0 Å².